The summed E-state index contributed by atoms with van der Waals surface area (Å²) in [7, 11) is 0. The van der Waals surface area contributed by atoms with Gasteiger partial charge in [0.05, 0.1) is 0 Å². The molecule has 0 saturated carbocycles. The monoisotopic (exact) mass is 299 g/mol. The highest BCUT2D eigenvalue weighted by Crippen LogP contribution is 2.24. The Bertz CT molecular complexity index is 585. The molecule has 0 saturated heterocycles. The molecule has 0 amide bonds. The number of ether oxygens (including phenoxy) is 2. The second-order valence-corrected chi connectivity index (χ2v) is 6.32. The molecular weight excluding hydrogens is 274 g/mol. The van der Waals surface area contributed by atoms with E-state index >= 15 is 0 Å². The smallest absolute Gasteiger partial charge is 0.122 e. The van der Waals surface area contributed by atoms with Crippen LogP contribution in [-0.4, -0.2) is 13.2 Å². The van der Waals surface area contributed by atoms with Gasteiger partial charge in [0.15, 0.2) is 0 Å². The van der Waals surface area contributed by atoms with Crippen molar-refractivity contribution in [2.24, 2.45) is 5.73 Å². The Morgan fingerprint density at radius 3 is 2.09 bits per heavy atom. The number of hydrogen-bond acceptors (Lipinski definition) is 3. The molecule has 0 bridgehead atoms. The Kier molecular flexibility index (Phi) is 5.45. The van der Waals surface area contributed by atoms with Crippen LogP contribution < -0.4 is 15.2 Å². The van der Waals surface area contributed by atoms with Crippen LogP contribution in [0.4, 0.5) is 0 Å². The van der Waals surface area contributed by atoms with E-state index in [0.717, 1.165) is 17.1 Å². The molecule has 2 N–H and O–H groups in total. The molecular formula is C19H25NO2. The third-order valence-electron chi connectivity index (χ3n) is 3.48. The van der Waals surface area contributed by atoms with Crippen molar-refractivity contribution in [3.05, 3.63) is 59.7 Å². The molecule has 0 heterocycles. The fourth-order valence-electron chi connectivity index (χ4n) is 2.13. The Balaban J connectivity index is 1.79. The largest absolute Gasteiger partial charge is 0.490 e. The minimum Gasteiger partial charge on any atom is -0.490 e. The molecule has 2 rings (SSSR count). The second kappa shape index (κ2) is 7.32. The Morgan fingerprint density at radius 2 is 1.50 bits per heavy atom. The third-order valence-corrected chi connectivity index (χ3v) is 3.48. The summed E-state index contributed by atoms with van der Waals surface area (Å²) in [5.41, 5.74) is 8.14. The number of rotatable bonds is 6. The average Bonchev–Trinajstić information content (AvgIpc) is 2.51. The molecule has 0 aliphatic carbocycles. The quantitative estimate of drug-likeness (QED) is 0.823. The Morgan fingerprint density at radius 1 is 0.864 bits per heavy atom. The summed E-state index contributed by atoms with van der Waals surface area (Å²) in [4.78, 5) is 0. The first kappa shape index (κ1) is 16.4. The summed E-state index contributed by atoms with van der Waals surface area (Å²) in [6, 6.07) is 16.1. The second-order valence-electron chi connectivity index (χ2n) is 6.32. The van der Waals surface area contributed by atoms with Crippen LogP contribution in [0.5, 0.6) is 11.5 Å². The highest BCUT2D eigenvalue weighted by molar-refractivity contribution is 5.31. The lowest BCUT2D eigenvalue weighted by Crippen LogP contribution is -2.11. The van der Waals surface area contributed by atoms with E-state index in [0.29, 0.717) is 19.8 Å². The van der Waals surface area contributed by atoms with E-state index in [-0.39, 0.29) is 5.41 Å². The van der Waals surface area contributed by atoms with Gasteiger partial charge in [0.1, 0.15) is 24.7 Å². The van der Waals surface area contributed by atoms with Crippen molar-refractivity contribution in [2.75, 3.05) is 13.2 Å². The van der Waals surface area contributed by atoms with Crippen molar-refractivity contribution < 1.29 is 9.47 Å². The van der Waals surface area contributed by atoms with Crippen molar-refractivity contribution in [2.45, 2.75) is 32.7 Å². The molecule has 0 radical (unpaired) electrons. The third kappa shape index (κ3) is 4.78. The molecule has 0 aromatic heterocycles. The van der Waals surface area contributed by atoms with E-state index in [1.54, 1.807) is 0 Å². The van der Waals surface area contributed by atoms with Crippen molar-refractivity contribution in [1.82, 2.24) is 0 Å². The maximum absolute atomic E-state index is 5.70. The highest BCUT2D eigenvalue weighted by Gasteiger charge is 2.12. The van der Waals surface area contributed by atoms with E-state index in [1.807, 2.05) is 36.4 Å². The van der Waals surface area contributed by atoms with Crippen LogP contribution in [0.25, 0.3) is 0 Å². The van der Waals surface area contributed by atoms with Crippen molar-refractivity contribution in [3.63, 3.8) is 0 Å². The molecule has 0 spiro atoms. The first-order chi connectivity index (χ1) is 10.5. The molecule has 2 aromatic carbocycles. The molecule has 3 heteroatoms. The van der Waals surface area contributed by atoms with Gasteiger partial charge in [-0.3, -0.25) is 0 Å². The van der Waals surface area contributed by atoms with Gasteiger partial charge in [-0.05, 0) is 40.8 Å². The van der Waals surface area contributed by atoms with Crippen LogP contribution in [0.3, 0.4) is 0 Å². The van der Waals surface area contributed by atoms with Gasteiger partial charge in [-0.1, -0.05) is 45.0 Å². The van der Waals surface area contributed by atoms with Gasteiger partial charge in [0.2, 0.25) is 0 Å². The number of nitrogens with two attached hydrogens (primary N) is 1. The fraction of sp³-hybridized carbons (Fsp3) is 0.368. The molecule has 2 aromatic rings. The van der Waals surface area contributed by atoms with Crippen LogP contribution in [-0.2, 0) is 12.0 Å². The molecule has 0 aliphatic heterocycles. The summed E-state index contributed by atoms with van der Waals surface area (Å²) in [5, 5.41) is 0. The van der Waals surface area contributed by atoms with Crippen LogP contribution in [0.15, 0.2) is 48.5 Å². The maximum Gasteiger partial charge on any atom is 0.122 e. The van der Waals surface area contributed by atoms with Crippen LogP contribution >= 0.6 is 0 Å². The molecule has 118 valence electrons. The van der Waals surface area contributed by atoms with E-state index in [1.165, 1.54) is 5.56 Å². The first-order valence-electron chi connectivity index (χ1n) is 7.64. The average molecular weight is 299 g/mol. The molecule has 22 heavy (non-hydrogen) atoms. The predicted octanol–water partition coefficient (Wildman–Crippen LogP) is 3.90. The summed E-state index contributed by atoms with van der Waals surface area (Å²) in [6.07, 6.45) is 0. The standard InChI is InChI=1S/C19H25NO2/c1-19(2,3)16-7-9-17(10-8-16)21-11-12-22-18-6-4-5-15(13-18)14-20/h4-10,13H,11-12,14,20H2,1-3H3. The SMILES string of the molecule is CC(C)(C)c1ccc(OCCOc2cccc(CN)c2)cc1. The molecule has 0 aliphatic rings. The van der Waals surface area contributed by atoms with Gasteiger partial charge in [0.25, 0.3) is 0 Å². The fourth-order valence-corrected chi connectivity index (χ4v) is 2.13. The van der Waals surface area contributed by atoms with Crippen molar-refractivity contribution >= 4 is 0 Å². The molecule has 0 unspecified atom stereocenters. The topological polar surface area (TPSA) is 44.5 Å². The van der Waals surface area contributed by atoms with Gasteiger partial charge >= 0.3 is 0 Å². The van der Waals surface area contributed by atoms with Crippen LogP contribution in [0, 0.1) is 0 Å². The zero-order valence-corrected chi connectivity index (χ0v) is 13.6. The first-order valence-corrected chi connectivity index (χ1v) is 7.64. The number of hydrogen-bond donors (Lipinski definition) is 1. The van der Waals surface area contributed by atoms with Gasteiger partial charge < -0.3 is 15.2 Å². The number of benzene rings is 2. The zero-order chi connectivity index (χ0) is 16.0. The van der Waals surface area contributed by atoms with Crippen molar-refractivity contribution in [3.8, 4) is 11.5 Å². The van der Waals surface area contributed by atoms with E-state index in [9.17, 15) is 0 Å². The summed E-state index contributed by atoms with van der Waals surface area (Å²) in [5.74, 6) is 1.70. The predicted molar refractivity (Wildman–Crippen MR) is 90.5 cm³/mol. The Hall–Kier alpha value is -2.00. The summed E-state index contributed by atoms with van der Waals surface area (Å²) < 4.78 is 11.4. The minimum absolute atomic E-state index is 0.162. The van der Waals surface area contributed by atoms with Gasteiger partial charge in [-0.2, -0.15) is 0 Å². The van der Waals surface area contributed by atoms with Gasteiger partial charge in [-0.15, -0.1) is 0 Å². The Labute approximate surface area is 133 Å². The minimum atomic E-state index is 0.162. The van der Waals surface area contributed by atoms with Crippen LogP contribution in [0.1, 0.15) is 31.9 Å². The summed E-state index contributed by atoms with van der Waals surface area (Å²) in [6.45, 7) is 8.15. The molecule has 3 nitrogen and oxygen atoms in total. The molecule has 0 fully saturated rings. The van der Waals surface area contributed by atoms with Gasteiger partial charge in [0, 0.05) is 6.54 Å². The van der Waals surface area contributed by atoms with Crippen molar-refractivity contribution in [1.29, 1.82) is 0 Å². The van der Waals surface area contributed by atoms with Crippen LogP contribution in [0.2, 0.25) is 0 Å². The normalized spacial score (nSPS) is 11.3. The molecule has 0 atom stereocenters. The van der Waals surface area contributed by atoms with E-state index in [4.69, 9.17) is 15.2 Å². The van der Waals surface area contributed by atoms with Gasteiger partial charge in [-0.25, -0.2) is 0 Å². The lowest BCUT2D eigenvalue weighted by atomic mass is 9.87. The highest BCUT2D eigenvalue weighted by atomic mass is 16.5. The summed E-state index contributed by atoms with van der Waals surface area (Å²) >= 11 is 0. The lowest BCUT2D eigenvalue weighted by molar-refractivity contribution is 0.217. The maximum atomic E-state index is 5.70. The zero-order valence-electron chi connectivity index (χ0n) is 13.6. The lowest BCUT2D eigenvalue weighted by Gasteiger charge is -2.19. The van der Waals surface area contributed by atoms with E-state index < -0.39 is 0 Å². The van der Waals surface area contributed by atoms with E-state index in [2.05, 4.69) is 32.9 Å².